The van der Waals surface area contributed by atoms with Crippen molar-refractivity contribution >= 4 is 35.4 Å². The second-order valence-electron chi connectivity index (χ2n) is 7.99. The van der Waals surface area contributed by atoms with Crippen LogP contribution in [0.3, 0.4) is 0 Å². The lowest BCUT2D eigenvalue weighted by Crippen LogP contribution is -2.25. The van der Waals surface area contributed by atoms with Gasteiger partial charge in [-0.15, -0.1) is 0 Å². The van der Waals surface area contributed by atoms with Crippen molar-refractivity contribution in [3.05, 3.63) is 54.4 Å². The first kappa shape index (κ1) is 29.6. The molecule has 0 atom stereocenters. The first-order valence-corrected chi connectivity index (χ1v) is 11.2. The molecule has 0 aliphatic carbocycles. The Labute approximate surface area is 207 Å². The van der Waals surface area contributed by atoms with Gasteiger partial charge in [-0.3, -0.25) is 9.79 Å². The number of methoxy groups -OCH3 is 2. The van der Waals surface area contributed by atoms with E-state index in [9.17, 15) is 4.39 Å². The second kappa shape index (κ2) is 15.5. The third kappa shape index (κ3) is 10.6. The van der Waals surface area contributed by atoms with Gasteiger partial charge in [-0.2, -0.15) is 0 Å². The van der Waals surface area contributed by atoms with E-state index in [1.165, 1.54) is 6.07 Å². The third-order valence-electron chi connectivity index (χ3n) is 4.96. The summed E-state index contributed by atoms with van der Waals surface area (Å²) in [6.45, 7) is 11.4. The maximum absolute atomic E-state index is 14.9. The van der Waals surface area contributed by atoms with Crippen molar-refractivity contribution in [2.24, 2.45) is 10.7 Å². The van der Waals surface area contributed by atoms with E-state index in [2.05, 4.69) is 41.8 Å². The molecule has 0 radical (unpaired) electrons. The Morgan fingerprint density at radius 3 is 2.37 bits per heavy atom. The molecule has 0 bridgehead atoms. The summed E-state index contributed by atoms with van der Waals surface area (Å²) in [6.07, 6.45) is 2.74. The molecule has 2 aromatic rings. The van der Waals surface area contributed by atoms with Crippen molar-refractivity contribution in [3.63, 3.8) is 0 Å². The molecule has 0 fully saturated rings. The van der Waals surface area contributed by atoms with Crippen LogP contribution >= 0.6 is 0 Å². The summed E-state index contributed by atoms with van der Waals surface area (Å²) in [5, 5.41) is 6.55. The smallest absolute Gasteiger partial charge is 0.204 e. The van der Waals surface area contributed by atoms with Crippen LogP contribution in [-0.2, 0) is 14.3 Å². The molecule has 0 aliphatic heterocycles. The topological polar surface area (TPSA) is 107 Å². The van der Waals surface area contributed by atoms with Crippen LogP contribution in [0.4, 0.5) is 21.5 Å². The molecule has 8 nitrogen and oxygen atoms in total. The van der Waals surface area contributed by atoms with Gasteiger partial charge in [0.15, 0.2) is 0 Å². The number of carbonyl (C=O) groups is 1. The molecule has 0 heterocycles. The molecule has 0 aromatic heterocycles. The van der Waals surface area contributed by atoms with Crippen molar-refractivity contribution in [1.29, 1.82) is 0 Å². The van der Waals surface area contributed by atoms with Crippen LogP contribution in [0.5, 0.6) is 5.75 Å². The van der Waals surface area contributed by atoms with Gasteiger partial charge >= 0.3 is 0 Å². The molecule has 0 unspecified atom stereocenters. The predicted molar refractivity (Wildman–Crippen MR) is 141 cm³/mol. The number of aliphatic imine (C=N–C) groups is 1. The van der Waals surface area contributed by atoms with Crippen LogP contribution in [0.25, 0.3) is 5.70 Å². The zero-order chi connectivity index (χ0) is 26.3. The zero-order valence-electron chi connectivity index (χ0n) is 21.2. The Hall–Kier alpha value is -3.43. The number of primary amides is 1. The van der Waals surface area contributed by atoms with Crippen LogP contribution in [0, 0.1) is 5.82 Å². The van der Waals surface area contributed by atoms with Crippen LogP contribution in [0.1, 0.15) is 32.8 Å². The summed E-state index contributed by atoms with van der Waals surface area (Å²) >= 11 is 0. The van der Waals surface area contributed by atoms with Gasteiger partial charge in [-0.25, -0.2) is 4.39 Å². The van der Waals surface area contributed by atoms with Gasteiger partial charge in [0.05, 0.1) is 23.5 Å². The fraction of sp³-hybridized carbons (Fsp3) is 0.385. The highest BCUT2D eigenvalue weighted by atomic mass is 19.1. The Morgan fingerprint density at radius 1 is 1.17 bits per heavy atom. The highest BCUT2D eigenvalue weighted by molar-refractivity contribution is 5.83. The second-order valence-corrected chi connectivity index (χ2v) is 7.99. The number of hydrogen-bond acceptors (Lipinski definition) is 7. The van der Waals surface area contributed by atoms with Crippen molar-refractivity contribution in [3.8, 4) is 5.75 Å². The Morgan fingerprint density at radius 2 is 1.80 bits per heavy atom. The van der Waals surface area contributed by atoms with E-state index in [1.54, 1.807) is 33.4 Å². The zero-order valence-corrected chi connectivity index (χ0v) is 21.2. The minimum absolute atomic E-state index is 0.167. The van der Waals surface area contributed by atoms with Crippen molar-refractivity contribution in [2.75, 3.05) is 44.6 Å². The van der Waals surface area contributed by atoms with E-state index in [1.807, 2.05) is 24.3 Å². The average Bonchev–Trinajstić information content (AvgIpc) is 2.81. The number of halogens is 1. The largest absolute Gasteiger partial charge is 0.491 e. The third-order valence-corrected chi connectivity index (χ3v) is 4.96. The normalized spacial score (nSPS) is 10.9. The van der Waals surface area contributed by atoms with Gasteiger partial charge in [0.1, 0.15) is 18.2 Å². The van der Waals surface area contributed by atoms with Gasteiger partial charge in [0.25, 0.3) is 0 Å². The van der Waals surface area contributed by atoms with E-state index in [0.717, 1.165) is 24.3 Å². The van der Waals surface area contributed by atoms with Crippen molar-refractivity contribution in [2.45, 2.75) is 32.8 Å². The molecule has 4 N–H and O–H groups in total. The van der Waals surface area contributed by atoms with Gasteiger partial charge in [0, 0.05) is 56.2 Å². The van der Waals surface area contributed by atoms with E-state index >= 15 is 0 Å². The standard InChI is InChI=1S/C25H34FN3O3.CH3NO/c1-7-27-23-17-21(32-15-14-30-5)16-22(26)24(23)18(2)29-20-10-8-19(9-11-20)28-13-12-25(3,4)31-6;2-1-3/h7-11,16-17,28-29H,2,12-15H2,1,3-6H3;1H,(H2,2,3). The molecule has 0 saturated heterocycles. The number of carbonyl (C=O) groups excluding carboxylic acids is 1. The summed E-state index contributed by atoms with van der Waals surface area (Å²) < 4.78 is 30.9. The Bertz CT molecular complexity index is 963. The number of benzene rings is 2. The average molecular weight is 489 g/mol. The first-order valence-electron chi connectivity index (χ1n) is 11.2. The molecule has 1 amide bonds. The fourth-order valence-corrected chi connectivity index (χ4v) is 2.95. The maximum Gasteiger partial charge on any atom is 0.204 e. The maximum atomic E-state index is 14.9. The number of amides is 1. The Kier molecular flexibility index (Phi) is 13.1. The number of ether oxygens (including phenoxy) is 3. The van der Waals surface area contributed by atoms with Crippen molar-refractivity contribution in [1.82, 2.24) is 0 Å². The van der Waals surface area contributed by atoms with Crippen LogP contribution in [0.2, 0.25) is 0 Å². The van der Waals surface area contributed by atoms with Crippen LogP contribution in [-0.4, -0.2) is 52.2 Å². The number of nitrogens with two attached hydrogens (primary N) is 1. The molecule has 35 heavy (non-hydrogen) atoms. The molecule has 192 valence electrons. The highest BCUT2D eigenvalue weighted by Crippen LogP contribution is 2.33. The molecule has 0 saturated carbocycles. The lowest BCUT2D eigenvalue weighted by atomic mass is 10.1. The molecule has 2 aromatic carbocycles. The monoisotopic (exact) mass is 488 g/mol. The molecular weight excluding hydrogens is 451 g/mol. The van der Waals surface area contributed by atoms with Gasteiger partial charge in [-0.1, -0.05) is 6.58 Å². The Balaban J connectivity index is 0.00000194. The SMILES string of the molecule is C=C(Nc1ccc(NCCC(C)(C)OC)cc1)c1c(F)cc(OCCOC)cc1N=CC.NC=O. The molecule has 0 spiro atoms. The van der Waals surface area contributed by atoms with Gasteiger partial charge in [-0.05, 0) is 51.5 Å². The lowest BCUT2D eigenvalue weighted by molar-refractivity contribution is -0.106. The fourth-order valence-electron chi connectivity index (χ4n) is 2.95. The summed E-state index contributed by atoms with van der Waals surface area (Å²) in [5.41, 5.74) is 6.94. The van der Waals surface area contributed by atoms with E-state index in [-0.39, 0.29) is 12.0 Å². The number of rotatable bonds is 13. The summed E-state index contributed by atoms with van der Waals surface area (Å²) in [4.78, 5) is 12.9. The number of nitrogens with one attached hydrogen (secondary N) is 2. The van der Waals surface area contributed by atoms with E-state index < -0.39 is 5.82 Å². The predicted octanol–water partition coefficient (Wildman–Crippen LogP) is 4.98. The summed E-state index contributed by atoms with van der Waals surface area (Å²) in [5.74, 6) is -0.0687. The van der Waals surface area contributed by atoms with Crippen LogP contribution in [0.15, 0.2) is 48.0 Å². The molecular formula is C26H37FN4O4. The summed E-state index contributed by atoms with van der Waals surface area (Å²) in [7, 11) is 3.30. The minimum Gasteiger partial charge on any atom is -0.491 e. The summed E-state index contributed by atoms with van der Waals surface area (Å²) in [6, 6.07) is 10.8. The van der Waals surface area contributed by atoms with E-state index in [0.29, 0.717) is 35.9 Å². The number of nitrogens with zero attached hydrogens (tertiary/aromatic N) is 1. The molecule has 9 heteroatoms. The molecule has 0 aliphatic rings. The lowest BCUT2D eigenvalue weighted by Gasteiger charge is -2.23. The number of hydrogen-bond donors (Lipinski definition) is 3. The first-order chi connectivity index (χ1) is 16.7. The van der Waals surface area contributed by atoms with Gasteiger partial charge < -0.3 is 30.6 Å². The minimum atomic E-state index is -0.461. The van der Waals surface area contributed by atoms with E-state index in [4.69, 9.17) is 19.0 Å². The molecule has 2 rings (SSSR count). The van der Waals surface area contributed by atoms with Crippen LogP contribution < -0.4 is 21.1 Å². The number of anilines is 2. The quantitative estimate of drug-likeness (QED) is 0.208. The van der Waals surface area contributed by atoms with Crippen molar-refractivity contribution < 1.29 is 23.4 Å². The van der Waals surface area contributed by atoms with Gasteiger partial charge in [0.2, 0.25) is 6.41 Å². The highest BCUT2D eigenvalue weighted by Gasteiger charge is 2.16.